The third kappa shape index (κ3) is 2.53. The molecule has 0 amide bonds. The quantitative estimate of drug-likeness (QED) is 0.764. The first-order valence-electron chi connectivity index (χ1n) is 6.24. The van der Waals surface area contributed by atoms with Gasteiger partial charge in [0, 0.05) is 32.2 Å². The largest absolute Gasteiger partial charge is 0.353 e. The summed E-state index contributed by atoms with van der Waals surface area (Å²) in [7, 11) is 0. The Balaban J connectivity index is 1.60. The van der Waals surface area contributed by atoms with Gasteiger partial charge in [-0.25, -0.2) is 0 Å². The standard InChI is InChI=1S/C12H17ClN4/c13-9-10-1-4-12(15-14-10)17-7-5-16(6-8-17)11-2-3-11/h1,4,11H,2-3,5-9H2. The molecule has 0 spiro atoms. The van der Waals surface area contributed by atoms with Gasteiger partial charge in [0.2, 0.25) is 0 Å². The highest BCUT2D eigenvalue weighted by molar-refractivity contribution is 6.16. The summed E-state index contributed by atoms with van der Waals surface area (Å²) in [6.07, 6.45) is 2.79. The molecule has 2 aliphatic rings. The fourth-order valence-electron chi connectivity index (χ4n) is 2.35. The molecular formula is C12H17ClN4. The maximum Gasteiger partial charge on any atom is 0.151 e. The van der Waals surface area contributed by atoms with Crippen LogP contribution in [-0.2, 0) is 5.88 Å². The lowest BCUT2D eigenvalue weighted by molar-refractivity contribution is 0.247. The van der Waals surface area contributed by atoms with Crippen LogP contribution in [0.2, 0.25) is 0 Å². The van der Waals surface area contributed by atoms with Crippen molar-refractivity contribution in [3.63, 3.8) is 0 Å². The Morgan fingerprint density at radius 3 is 2.41 bits per heavy atom. The van der Waals surface area contributed by atoms with E-state index >= 15 is 0 Å². The van der Waals surface area contributed by atoms with Gasteiger partial charge in [0.1, 0.15) is 0 Å². The third-order valence-corrected chi connectivity index (χ3v) is 3.82. The molecule has 2 heterocycles. The van der Waals surface area contributed by atoms with Crippen molar-refractivity contribution in [3.05, 3.63) is 17.8 Å². The molecule has 0 radical (unpaired) electrons. The number of halogens is 1. The molecule has 1 aromatic heterocycles. The fourth-order valence-corrected chi connectivity index (χ4v) is 2.49. The van der Waals surface area contributed by atoms with Crippen LogP contribution in [0.15, 0.2) is 12.1 Å². The van der Waals surface area contributed by atoms with E-state index in [0.29, 0.717) is 5.88 Å². The van der Waals surface area contributed by atoms with Gasteiger partial charge in [0.05, 0.1) is 11.6 Å². The molecule has 0 bridgehead atoms. The summed E-state index contributed by atoms with van der Waals surface area (Å²) in [5.74, 6) is 1.41. The van der Waals surface area contributed by atoms with Gasteiger partial charge in [-0.05, 0) is 25.0 Å². The number of piperazine rings is 1. The zero-order valence-electron chi connectivity index (χ0n) is 9.85. The SMILES string of the molecule is ClCc1ccc(N2CCN(C3CC3)CC2)nn1. The first kappa shape index (κ1) is 11.2. The number of hydrogen-bond donors (Lipinski definition) is 0. The Bertz CT molecular complexity index is 369. The van der Waals surface area contributed by atoms with Crippen LogP contribution in [0.25, 0.3) is 0 Å². The normalized spacial score (nSPS) is 21.8. The van der Waals surface area contributed by atoms with Gasteiger partial charge in [-0.2, -0.15) is 5.10 Å². The molecule has 1 aliphatic heterocycles. The van der Waals surface area contributed by atoms with Crippen molar-refractivity contribution in [1.29, 1.82) is 0 Å². The average Bonchev–Trinajstić information content (AvgIpc) is 3.24. The molecular weight excluding hydrogens is 236 g/mol. The highest BCUT2D eigenvalue weighted by Crippen LogP contribution is 2.28. The second-order valence-corrected chi connectivity index (χ2v) is 5.04. The van der Waals surface area contributed by atoms with Crippen molar-refractivity contribution in [2.24, 2.45) is 0 Å². The predicted molar refractivity (Wildman–Crippen MR) is 68.4 cm³/mol. The van der Waals surface area contributed by atoms with Crippen LogP contribution < -0.4 is 4.90 Å². The van der Waals surface area contributed by atoms with Crippen LogP contribution in [0, 0.1) is 0 Å². The van der Waals surface area contributed by atoms with Gasteiger partial charge in [0.25, 0.3) is 0 Å². The topological polar surface area (TPSA) is 32.3 Å². The van der Waals surface area contributed by atoms with Crippen molar-refractivity contribution in [3.8, 4) is 0 Å². The van der Waals surface area contributed by atoms with Crippen molar-refractivity contribution < 1.29 is 0 Å². The van der Waals surface area contributed by atoms with E-state index in [2.05, 4.69) is 20.0 Å². The van der Waals surface area contributed by atoms with Crippen LogP contribution in [-0.4, -0.2) is 47.3 Å². The van der Waals surface area contributed by atoms with Crippen molar-refractivity contribution in [2.45, 2.75) is 24.8 Å². The molecule has 1 aromatic rings. The lowest BCUT2D eigenvalue weighted by Crippen LogP contribution is -2.47. The number of hydrogen-bond acceptors (Lipinski definition) is 4. The minimum Gasteiger partial charge on any atom is -0.353 e. The zero-order valence-corrected chi connectivity index (χ0v) is 10.6. The Hall–Kier alpha value is -0.870. The minimum atomic E-state index is 0.433. The molecule has 4 nitrogen and oxygen atoms in total. The van der Waals surface area contributed by atoms with Gasteiger partial charge in [-0.3, -0.25) is 4.90 Å². The number of alkyl halides is 1. The first-order valence-corrected chi connectivity index (χ1v) is 6.78. The lowest BCUT2D eigenvalue weighted by Gasteiger charge is -2.35. The number of nitrogens with zero attached hydrogens (tertiary/aromatic N) is 4. The maximum absolute atomic E-state index is 5.70. The van der Waals surface area contributed by atoms with E-state index in [1.54, 1.807) is 0 Å². The van der Waals surface area contributed by atoms with E-state index in [-0.39, 0.29) is 0 Å². The number of rotatable bonds is 3. The molecule has 1 saturated heterocycles. The van der Waals surface area contributed by atoms with Crippen LogP contribution in [0.3, 0.4) is 0 Å². The van der Waals surface area contributed by atoms with E-state index in [1.807, 2.05) is 12.1 Å². The highest BCUT2D eigenvalue weighted by atomic mass is 35.5. The first-order chi connectivity index (χ1) is 8.36. The Morgan fingerprint density at radius 2 is 1.88 bits per heavy atom. The van der Waals surface area contributed by atoms with Crippen molar-refractivity contribution in [2.75, 3.05) is 31.1 Å². The van der Waals surface area contributed by atoms with Crippen molar-refractivity contribution in [1.82, 2.24) is 15.1 Å². The van der Waals surface area contributed by atoms with Gasteiger partial charge in [-0.1, -0.05) is 0 Å². The predicted octanol–water partition coefficient (Wildman–Crippen LogP) is 1.50. The average molecular weight is 253 g/mol. The summed E-state index contributed by atoms with van der Waals surface area (Å²) < 4.78 is 0. The Labute approximate surface area is 107 Å². The van der Waals surface area contributed by atoms with E-state index < -0.39 is 0 Å². The third-order valence-electron chi connectivity index (χ3n) is 3.54. The second kappa shape index (κ2) is 4.78. The van der Waals surface area contributed by atoms with Crippen molar-refractivity contribution >= 4 is 17.4 Å². The zero-order chi connectivity index (χ0) is 11.7. The summed E-state index contributed by atoms with van der Waals surface area (Å²) in [5, 5.41) is 8.33. The van der Waals surface area contributed by atoms with Gasteiger partial charge < -0.3 is 4.90 Å². The summed E-state index contributed by atoms with van der Waals surface area (Å²) in [5.41, 5.74) is 0.840. The molecule has 1 saturated carbocycles. The molecule has 0 N–H and O–H groups in total. The van der Waals surface area contributed by atoms with Crippen LogP contribution in [0.5, 0.6) is 0 Å². The second-order valence-electron chi connectivity index (χ2n) is 4.77. The van der Waals surface area contributed by atoms with E-state index in [0.717, 1.165) is 43.7 Å². The van der Waals surface area contributed by atoms with Gasteiger partial charge >= 0.3 is 0 Å². The monoisotopic (exact) mass is 252 g/mol. The summed E-state index contributed by atoms with van der Waals surface area (Å²) >= 11 is 5.70. The number of aromatic nitrogens is 2. The van der Waals surface area contributed by atoms with Gasteiger partial charge in [0.15, 0.2) is 5.82 Å². The van der Waals surface area contributed by atoms with E-state index in [9.17, 15) is 0 Å². The van der Waals surface area contributed by atoms with Crippen LogP contribution in [0.1, 0.15) is 18.5 Å². The molecule has 0 unspecified atom stereocenters. The molecule has 5 heteroatoms. The Morgan fingerprint density at radius 1 is 1.12 bits per heavy atom. The summed E-state index contributed by atoms with van der Waals surface area (Å²) in [6.45, 7) is 4.43. The molecule has 0 atom stereocenters. The Kier molecular flexibility index (Phi) is 3.16. The fraction of sp³-hybridized carbons (Fsp3) is 0.667. The highest BCUT2D eigenvalue weighted by Gasteiger charge is 2.31. The summed E-state index contributed by atoms with van der Waals surface area (Å²) in [6, 6.07) is 4.86. The van der Waals surface area contributed by atoms with Crippen LogP contribution >= 0.6 is 11.6 Å². The smallest absolute Gasteiger partial charge is 0.151 e. The van der Waals surface area contributed by atoms with E-state index in [1.165, 1.54) is 12.8 Å². The van der Waals surface area contributed by atoms with Crippen LogP contribution in [0.4, 0.5) is 5.82 Å². The minimum absolute atomic E-state index is 0.433. The summed E-state index contributed by atoms with van der Waals surface area (Å²) in [4.78, 5) is 4.90. The van der Waals surface area contributed by atoms with Gasteiger partial charge in [-0.15, -0.1) is 16.7 Å². The van der Waals surface area contributed by atoms with E-state index in [4.69, 9.17) is 11.6 Å². The molecule has 1 aliphatic carbocycles. The number of anilines is 1. The molecule has 2 fully saturated rings. The maximum atomic E-state index is 5.70. The molecule has 3 rings (SSSR count). The molecule has 92 valence electrons. The molecule has 17 heavy (non-hydrogen) atoms. The lowest BCUT2D eigenvalue weighted by atomic mass is 10.3. The molecule has 0 aromatic carbocycles.